The van der Waals surface area contributed by atoms with E-state index in [4.69, 9.17) is 0 Å². The molecule has 1 atom stereocenters. The van der Waals surface area contributed by atoms with Crippen LogP contribution in [0, 0.1) is 5.82 Å². The van der Waals surface area contributed by atoms with E-state index in [9.17, 15) is 9.50 Å². The van der Waals surface area contributed by atoms with Gasteiger partial charge in [0.1, 0.15) is 11.9 Å². The van der Waals surface area contributed by atoms with E-state index >= 15 is 0 Å². The SMILES string of the molecule is O[C@H](c1ccncc1)c1cccc(F)c1. The lowest BCUT2D eigenvalue weighted by Gasteiger charge is -2.10. The fourth-order valence-corrected chi connectivity index (χ4v) is 1.41. The van der Waals surface area contributed by atoms with E-state index in [0.29, 0.717) is 11.1 Å². The van der Waals surface area contributed by atoms with Crippen molar-refractivity contribution in [3.05, 3.63) is 65.7 Å². The van der Waals surface area contributed by atoms with Crippen LogP contribution in [0.4, 0.5) is 4.39 Å². The quantitative estimate of drug-likeness (QED) is 0.812. The summed E-state index contributed by atoms with van der Waals surface area (Å²) in [6.07, 6.45) is 2.39. The Morgan fingerprint density at radius 3 is 2.47 bits per heavy atom. The molecule has 2 rings (SSSR count). The minimum Gasteiger partial charge on any atom is -0.384 e. The third-order valence-corrected chi connectivity index (χ3v) is 2.19. The normalized spacial score (nSPS) is 12.4. The molecule has 0 saturated heterocycles. The van der Waals surface area contributed by atoms with Crippen LogP contribution in [-0.4, -0.2) is 10.1 Å². The first-order valence-electron chi connectivity index (χ1n) is 4.61. The van der Waals surface area contributed by atoms with Crippen LogP contribution in [0.25, 0.3) is 0 Å². The molecule has 0 unspecified atom stereocenters. The van der Waals surface area contributed by atoms with Crippen molar-refractivity contribution >= 4 is 0 Å². The third kappa shape index (κ3) is 2.19. The predicted molar refractivity (Wildman–Crippen MR) is 54.7 cm³/mol. The van der Waals surface area contributed by atoms with Crippen LogP contribution in [0.2, 0.25) is 0 Å². The van der Waals surface area contributed by atoms with E-state index in [-0.39, 0.29) is 5.82 Å². The second-order valence-corrected chi connectivity index (χ2v) is 3.24. The average Bonchev–Trinajstić information content (AvgIpc) is 2.29. The molecule has 0 radical (unpaired) electrons. The number of pyridine rings is 1. The van der Waals surface area contributed by atoms with Gasteiger partial charge in [0.25, 0.3) is 0 Å². The Labute approximate surface area is 87.0 Å². The second kappa shape index (κ2) is 4.19. The number of benzene rings is 1. The molecular formula is C12H10FNO. The van der Waals surface area contributed by atoms with Gasteiger partial charge in [0, 0.05) is 12.4 Å². The molecule has 0 aliphatic heterocycles. The third-order valence-electron chi connectivity index (χ3n) is 2.19. The molecule has 2 nitrogen and oxygen atoms in total. The first-order valence-corrected chi connectivity index (χ1v) is 4.61. The molecule has 76 valence electrons. The number of aromatic nitrogens is 1. The van der Waals surface area contributed by atoms with Gasteiger partial charge in [-0.15, -0.1) is 0 Å². The number of hydrogen-bond acceptors (Lipinski definition) is 2. The standard InChI is InChI=1S/C12H10FNO/c13-11-3-1-2-10(8-11)12(15)9-4-6-14-7-5-9/h1-8,12,15H/t12-/m1/s1. The fraction of sp³-hybridized carbons (Fsp3) is 0.0833. The molecule has 1 aromatic carbocycles. The molecule has 0 saturated carbocycles. The van der Waals surface area contributed by atoms with Crippen LogP contribution >= 0.6 is 0 Å². The Balaban J connectivity index is 2.32. The number of nitrogens with zero attached hydrogens (tertiary/aromatic N) is 1. The molecule has 15 heavy (non-hydrogen) atoms. The Hall–Kier alpha value is -1.74. The molecule has 0 aliphatic carbocycles. The lowest BCUT2D eigenvalue weighted by molar-refractivity contribution is 0.219. The highest BCUT2D eigenvalue weighted by atomic mass is 19.1. The summed E-state index contributed by atoms with van der Waals surface area (Å²) < 4.78 is 12.9. The number of aliphatic hydroxyl groups excluding tert-OH is 1. The van der Waals surface area contributed by atoms with Crippen molar-refractivity contribution in [3.8, 4) is 0 Å². The van der Waals surface area contributed by atoms with Gasteiger partial charge in [0.15, 0.2) is 0 Å². The Morgan fingerprint density at radius 1 is 1.07 bits per heavy atom. The summed E-state index contributed by atoms with van der Waals surface area (Å²) in [6, 6.07) is 9.35. The minimum absolute atomic E-state index is 0.347. The van der Waals surface area contributed by atoms with Gasteiger partial charge in [-0.3, -0.25) is 4.98 Å². The summed E-state index contributed by atoms with van der Waals surface area (Å²) in [6.45, 7) is 0. The Bertz CT molecular complexity index is 444. The van der Waals surface area contributed by atoms with Crippen LogP contribution in [0.3, 0.4) is 0 Å². The smallest absolute Gasteiger partial charge is 0.123 e. The van der Waals surface area contributed by atoms with Crippen molar-refractivity contribution in [2.75, 3.05) is 0 Å². The van der Waals surface area contributed by atoms with Crippen LogP contribution in [0.15, 0.2) is 48.8 Å². The maximum atomic E-state index is 12.9. The molecule has 3 heteroatoms. The Morgan fingerprint density at radius 2 is 1.80 bits per heavy atom. The van der Waals surface area contributed by atoms with Crippen LogP contribution in [-0.2, 0) is 0 Å². The van der Waals surface area contributed by atoms with Crippen molar-refractivity contribution in [2.45, 2.75) is 6.10 Å². The van der Waals surface area contributed by atoms with Crippen molar-refractivity contribution in [1.29, 1.82) is 0 Å². The minimum atomic E-state index is -0.802. The van der Waals surface area contributed by atoms with Gasteiger partial charge >= 0.3 is 0 Å². The topological polar surface area (TPSA) is 33.1 Å². The molecule has 1 heterocycles. The van der Waals surface area contributed by atoms with Crippen molar-refractivity contribution in [3.63, 3.8) is 0 Å². The van der Waals surface area contributed by atoms with E-state index in [1.165, 1.54) is 12.1 Å². The highest BCUT2D eigenvalue weighted by Gasteiger charge is 2.09. The van der Waals surface area contributed by atoms with Crippen LogP contribution in [0.1, 0.15) is 17.2 Å². The van der Waals surface area contributed by atoms with Gasteiger partial charge in [-0.25, -0.2) is 4.39 Å². The molecule has 0 aliphatic rings. The first kappa shape index (κ1) is 9.80. The molecule has 1 N–H and O–H groups in total. The first-order chi connectivity index (χ1) is 7.27. The van der Waals surface area contributed by atoms with Gasteiger partial charge in [-0.1, -0.05) is 12.1 Å². The summed E-state index contributed by atoms with van der Waals surface area (Å²) >= 11 is 0. The highest BCUT2D eigenvalue weighted by molar-refractivity contribution is 5.28. The summed E-state index contributed by atoms with van der Waals surface area (Å²) in [7, 11) is 0. The molecule has 0 fully saturated rings. The van der Waals surface area contributed by atoms with Gasteiger partial charge in [0.2, 0.25) is 0 Å². The largest absolute Gasteiger partial charge is 0.384 e. The van der Waals surface area contributed by atoms with E-state index in [0.717, 1.165) is 0 Å². The van der Waals surface area contributed by atoms with Crippen molar-refractivity contribution in [1.82, 2.24) is 4.98 Å². The van der Waals surface area contributed by atoms with Gasteiger partial charge in [-0.2, -0.15) is 0 Å². The average molecular weight is 203 g/mol. The molecule has 0 spiro atoms. The van der Waals surface area contributed by atoms with Crippen molar-refractivity contribution in [2.24, 2.45) is 0 Å². The zero-order valence-electron chi connectivity index (χ0n) is 7.97. The van der Waals surface area contributed by atoms with Gasteiger partial charge in [0.05, 0.1) is 0 Å². The van der Waals surface area contributed by atoms with E-state index in [2.05, 4.69) is 4.98 Å². The predicted octanol–water partition coefficient (Wildman–Crippen LogP) is 2.30. The lowest BCUT2D eigenvalue weighted by Crippen LogP contribution is -1.99. The van der Waals surface area contributed by atoms with Crippen LogP contribution in [0.5, 0.6) is 0 Å². The summed E-state index contributed by atoms with van der Waals surface area (Å²) in [4.78, 5) is 3.85. The number of halogens is 1. The zero-order chi connectivity index (χ0) is 10.7. The highest BCUT2D eigenvalue weighted by Crippen LogP contribution is 2.21. The number of aliphatic hydroxyl groups is 1. The zero-order valence-corrected chi connectivity index (χ0v) is 7.97. The summed E-state index contributed by atoms with van der Waals surface area (Å²) in [5, 5.41) is 9.92. The monoisotopic (exact) mass is 203 g/mol. The summed E-state index contributed by atoms with van der Waals surface area (Å²) in [5.74, 6) is -0.347. The van der Waals surface area contributed by atoms with Crippen LogP contribution < -0.4 is 0 Å². The van der Waals surface area contributed by atoms with Gasteiger partial charge < -0.3 is 5.11 Å². The van der Waals surface area contributed by atoms with E-state index < -0.39 is 6.10 Å². The maximum Gasteiger partial charge on any atom is 0.123 e. The van der Waals surface area contributed by atoms with E-state index in [1.807, 2.05) is 0 Å². The second-order valence-electron chi connectivity index (χ2n) is 3.24. The lowest BCUT2D eigenvalue weighted by atomic mass is 10.0. The molecule has 0 bridgehead atoms. The molecule has 0 amide bonds. The Kier molecular flexibility index (Phi) is 2.74. The fourth-order valence-electron chi connectivity index (χ4n) is 1.41. The molecule has 2 aromatic rings. The summed E-state index contributed by atoms with van der Waals surface area (Å²) in [5.41, 5.74) is 1.25. The maximum absolute atomic E-state index is 12.9. The number of rotatable bonds is 2. The van der Waals surface area contributed by atoms with Crippen molar-refractivity contribution < 1.29 is 9.50 Å². The molecule has 1 aromatic heterocycles. The van der Waals surface area contributed by atoms with Gasteiger partial charge in [-0.05, 0) is 35.4 Å². The van der Waals surface area contributed by atoms with E-state index in [1.54, 1.807) is 36.7 Å². The molecular weight excluding hydrogens is 193 g/mol. The number of hydrogen-bond donors (Lipinski definition) is 1.